The molecule has 13 heteroatoms. The second kappa shape index (κ2) is 14.9. The van der Waals surface area contributed by atoms with Crippen LogP contribution < -0.4 is 14.4 Å². The number of aromatic amines is 1. The number of halogens is 2. The molecule has 4 aromatic heterocycles. The first-order chi connectivity index (χ1) is 27.4. The molecule has 11 nitrogen and oxygen atoms in total. The number of ether oxygens (including phenoxy) is 2. The highest BCUT2D eigenvalue weighted by Gasteiger charge is 2.38. The molecular weight excluding hydrogens is 763 g/mol. The summed E-state index contributed by atoms with van der Waals surface area (Å²) in [4.78, 5) is 34.4. The maximum Gasteiger partial charge on any atom is 0.352 e. The van der Waals surface area contributed by atoms with Gasteiger partial charge in [0.25, 0.3) is 5.91 Å². The number of aryl methyl sites for hydroxylation is 5. The molecular formula is C44H42Cl2N6O5. The van der Waals surface area contributed by atoms with Gasteiger partial charge in [0, 0.05) is 51.4 Å². The number of benzene rings is 3. The minimum absolute atomic E-state index is 0.0601. The van der Waals surface area contributed by atoms with Crippen molar-refractivity contribution >= 4 is 62.6 Å². The van der Waals surface area contributed by atoms with Crippen LogP contribution in [0.4, 0.5) is 5.69 Å². The Morgan fingerprint density at radius 2 is 1.75 bits per heavy atom. The molecule has 0 aliphatic carbocycles. The Kier molecular flexibility index (Phi) is 9.99. The standard InChI is InChI=1S/C44H42Cl2N6O5/c1-23-18-29(19-24(2)39(23)46)57-17-9-11-30-31-12-13-33(45)38(37-26(4)48-49-27(37)5)41(31)52-25(3)21-51(43(53)42(30)52)34-14-15-36(56-6)32-20-35(44(54)55)50(40(32)34)22-28-10-7-8-16-47-28/h7-8,10,12-16,18-20,25H,9,11,17,21-22H2,1-6H3,(H,48,49)(H,54,55)/t25-/m1/s1. The molecule has 0 unspecified atom stereocenters. The van der Waals surface area contributed by atoms with E-state index in [4.69, 9.17) is 32.7 Å². The summed E-state index contributed by atoms with van der Waals surface area (Å²) in [6.07, 6.45) is 2.84. The summed E-state index contributed by atoms with van der Waals surface area (Å²) < 4.78 is 15.8. The van der Waals surface area contributed by atoms with Crippen molar-refractivity contribution in [2.75, 3.05) is 25.2 Å². The summed E-state index contributed by atoms with van der Waals surface area (Å²) >= 11 is 13.5. The monoisotopic (exact) mass is 804 g/mol. The first kappa shape index (κ1) is 38.1. The van der Waals surface area contributed by atoms with Gasteiger partial charge in [-0.15, -0.1) is 0 Å². The number of hydrogen-bond acceptors (Lipinski definition) is 6. The Hall–Kier alpha value is -5.78. The third-order valence-corrected chi connectivity index (χ3v) is 11.9. The van der Waals surface area contributed by atoms with Gasteiger partial charge in [0.2, 0.25) is 0 Å². The van der Waals surface area contributed by atoms with Crippen molar-refractivity contribution in [3.05, 3.63) is 122 Å². The van der Waals surface area contributed by atoms with Gasteiger partial charge in [-0.25, -0.2) is 4.79 Å². The van der Waals surface area contributed by atoms with E-state index in [9.17, 15) is 9.90 Å². The van der Waals surface area contributed by atoms with Gasteiger partial charge in [-0.1, -0.05) is 35.3 Å². The third-order valence-electron chi connectivity index (χ3n) is 11.0. The zero-order chi connectivity index (χ0) is 40.3. The maximum atomic E-state index is 15.4. The van der Waals surface area contributed by atoms with Crippen LogP contribution in [0.1, 0.15) is 74.1 Å². The summed E-state index contributed by atoms with van der Waals surface area (Å²) in [5, 5.41) is 20.8. The number of anilines is 1. The fraction of sp³-hybridized carbons (Fsp3) is 0.273. The highest BCUT2D eigenvalue weighted by atomic mass is 35.5. The minimum Gasteiger partial charge on any atom is -0.496 e. The van der Waals surface area contributed by atoms with Crippen molar-refractivity contribution in [2.45, 2.75) is 60.0 Å². The number of H-pyrrole nitrogens is 1. The van der Waals surface area contributed by atoms with E-state index in [-0.39, 0.29) is 24.2 Å². The first-order valence-electron chi connectivity index (χ1n) is 18.8. The number of nitrogens with one attached hydrogen (secondary N) is 1. The summed E-state index contributed by atoms with van der Waals surface area (Å²) in [6.45, 7) is 10.8. The van der Waals surface area contributed by atoms with Crippen LogP contribution in [-0.4, -0.2) is 61.6 Å². The fourth-order valence-corrected chi connectivity index (χ4v) is 8.80. The van der Waals surface area contributed by atoms with Crippen LogP contribution in [0.15, 0.2) is 66.9 Å². The first-order valence-corrected chi connectivity index (χ1v) is 19.6. The molecule has 0 saturated heterocycles. The summed E-state index contributed by atoms with van der Waals surface area (Å²) in [6, 6.07) is 18.3. The van der Waals surface area contributed by atoms with Crippen molar-refractivity contribution in [3.63, 3.8) is 0 Å². The largest absolute Gasteiger partial charge is 0.496 e. The molecule has 3 aromatic carbocycles. The van der Waals surface area contributed by atoms with Crippen LogP contribution in [0, 0.1) is 27.7 Å². The number of aromatic nitrogens is 5. The third kappa shape index (κ3) is 6.48. The Bertz CT molecular complexity index is 2690. The number of pyridine rings is 1. The zero-order valence-corrected chi connectivity index (χ0v) is 34.0. The van der Waals surface area contributed by atoms with E-state index in [1.54, 1.807) is 34.9 Å². The smallest absolute Gasteiger partial charge is 0.352 e. The minimum atomic E-state index is -1.10. The van der Waals surface area contributed by atoms with Gasteiger partial charge >= 0.3 is 5.97 Å². The van der Waals surface area contributed by atoms with Crippen molar-refractivity contribution < 1.29 is 24.2 Å². The average molecular weight is 806 g/mol. The number of amides is 1. The molecule has 1 amide bonds. The molecule has 292 valence electrons. The number of carboxylic acid groups (broad SMARTS) is 1. The Morgan fingerprint density at radius 3 is 2.42 bits per heavy atom. The molecule has 0 radical (unpaired) electrons. The summed E-state index contributed by atoms with van der Waals surface area (Å²) in [7, 11) is 1.55. The van der Waals surface area contributed by atoms with E-state index in [1.165, 1.54) is 0 Å². The van der Waals surface area contributed by atoms with Gasteiger partial charge in [-0.2, -0.15) is 5.10 Å². The normalized spacial score (nSPS) is 14.1. The fourth-order valence-electron chi connectivity index (χ4n) is 8.45. The number of fused-ring (bicyclic) bond motifs is 4. The van der Waals surface area contributed by atoms with E-state index in [0.717, 1.165) is 60.9 Å². The number of carbonyl (C=O) groups excluding carboxylic acids is 1. The molecule has 57 heavy (non-hydrogen) atoms. The number of methoxy groups -OCH3 is 1. The number of carbonyl (C=O) groups is 2. The molecule has 0 saturated carbocycles. The number of hydrogen-bond donors (Lipinski definition) is 2. The predicted molar refractivity (Wildman–Crippen MR) is 224 cm³/mol. The van der Waals surface area contributed by atoms with Gasteiger partial charge in [-0.05, 0) is 113 Å². The quantitative estimate of drug-likeness (QED) is 0.125. The Morgan fingerprint density at radius 1 is 0.982 bits per heavy atom. The Labute approximate surface area is 339 Å². The van der Waals surface area contributed by atoms with Crippen LogP contribution in [0.25, 0.3) is 32.9 Å². The van der Waals surface area contributed by atoms with Crippen LogP contribution in [0.2, 0.25) is 10.0 Å². The van der Waals surface area contributed by atoms with E-state index in [1.807, 2.05) is 76.2 Å². The van der Waals surface area contributed by atoms with Crippen LogP contribution in [0.5, 0.6) is 11.5 Å². The summed E-state index contributed by atoms with van der Waals surface area (Å²) in [5.74, 6) is -0.0661. The maximum absolute atomic E-state index is 15.4. The van der Waals surface area contributed by atoms with Crippen molar-refractivity contribution in [3.8, 4) is 22.6 Å². The van der Waals surface area contributed by atoms with Gasteiger partial charge in [0.1, 0.15) is 22.9 Å². The van der Waals surface area contributed by atoms with Gasteiger partial charge < -0.3 is 28.6 Å². The van der Waals surface area contributed by atoms with Gasteiger partial charge in [-0.3, -0.25) is 14.9 Å². The molecule has 2 N–H and O–H groups in total. The molecule has 0 bridgehead atoms. The van der Waals surface area contributed by atoms with E-state index < -0.39 is 5.97 Å². The second-order valence-electron chi connectivity index (χ2n) is 14.7. The lowest BCUT2D eigenvalue weighted by Gasteiger charge is -2.35. The average Bonchev–Trinajstić information content (AvgIpc) is 3.85. The SMILES string of the molecule is COc1ccc(N2C[C@@H](C)n3c(c(CCCOc4cc(C)c(Cl)c(C)c4)c4ccc(Cl)c(-c5c(C)n[nH]c5C)c43)C2=O)c2c1cc(C(=O)O)n2Cc1ccccn1. The summed E-state index contributed by atoms with van der Waals surface area (Å²) in [5.41, 5.74) is 9.49. The van der Waals surface area contributed by atoms with Crippen LogP contribution in [0.3, 0.4) is 0 Å². The molecule has 8 rings (SSSR count). The van der Waals surface area contributed by atoms with Crippen LogP contribution >= 0.6 is 23.2 Å². The predicted octanol–water partition coefficient (Wildman–Crippen LogP) is 9.91. The second-order valence-corrected chi connectivity index (χ2v) is 15.5. The van der Waals surface area contributed by atoms with Gasteiger partial charge in [0.05, 0.1) is 53.4 Å². The number of rotatable bonds is 11. The van der Waals surface area contributed by atoms with Crippen molar-refractivity contribution in [1.29, 1.82) is 0 Å². The number of nitrogens with zero attached hydrogens (tertiary/aromatic N) is 5. The number of carboxylic acids is 1. The lowest BCUT2D eigenvalue weighted by Crippen LogP contribution is -2.43. The molecule has 5 heterocycles. The highest BCUT2D eigenvalue weighted by Crippen LogP contribution is 2.46. The van der Waals surface area contributed by atoms with Crippen LogP contribution in [-0.2, 0) is 13.0 Å². The molecule has 7 aromatic rings. The molecule has 1 aliphatic heterocycles. The van der Waals surface area contributed by atoms with Crippen molar-refractivity contribution in [2.24, 2.45) is 0 Å². The van der Waals surface area contributed by atoms with E-state index in [0.29, 0.717) is 64.7 Å². The molecule has 1 aliphatic rings. The lowest BCUT2D eigenvalue weighted by molar-refractivity contribution is 0.0686. The molecule has 1 atom stereocenters. The van der Waals surface area contributed by atoms with E-state index in [2.05, 4.69) is 26.7 Å². The van der Waals surface area contributed by atoms with Gasteiger partial charge in [0.15, 0.2) is 0 Å². The van der Waals surface area contributed by atoms with E-state index >= 15 is 4.79 Å². The molecule has 0 spiro atoms. The lowest BCUT2D eigenvalue weighted by atomic mass is 9.98. The topological polar surface area (TPSA) is 127 Å². The Balaban J connectivity index is 1.29. The van der Waals surface area contributed by atoms with Crippen molar-refractivity contribution in [1.82, 2.24) is 24.3 Å². The molecule has 0 fully saturated rings. The highest BCUT2D eigenvalue weighted by molar-refractivity contribution is 6.35. The number of aromatic carboxylic acids is 1. The zero-order valence-electron chi connectivity index (χ0n) is 32.5.